The Morgan fingerprint density at radius 1 is 1.43 bits per heavy atom. The Kier molecular flexibility index (Phi) is 1.63. The summed E-state index contributed by atoms with van der Waals surface area (Å²) in [6.07, 6.45) is 2.60. The van der Waals surface area contributed by atoms with Gasteiger partial charge in [-0.25, -0.2) is 4.98 Å². The summed E-state index contributed by atoms with van der Waals surface area (Å²) >= 11 is 0. The molecule has 1 aliphatic rings. The standard InChI is InChI=1S/C12H14N2/c1-2-8-7-9(8)12-13-10-5-3-4-6-11(10)14-12/h3-6,8-9H,2,7H2,1H3,(H,13,14). The van der Waals surface area contributed by atoms with Crippen molar-refractivity contribution >= 4 is 11.0 Å². The van der Waals surface area contributed by atoms with Crippen molar-refractivity contribution in [3.8, 4) is 0 Å². The average molecular weight is 186 g/mol. The molecule has 2 aromatic rings. The average Bonchev–Trinajstić information content (AvgIpc) is 2.89. The number of imidazole rings is 1. The van der Waals surface area contributed by atoms with Crippen molar-refractivity contribution in [1.82, 2.24) is 9.97 Å². The molecule has 1 aromatic carbocycles. The summed E-state index contributed by atoms with van der Waals surface area (Å²) in [4.78, 5) is 8.03. The van der Waals surface area contributed by atoms with Crippen LogP contribution in [0.5, 0.6) is 0 Å². The van der Waals surface area contributed by atoms with Gasteiger partial charge in [0.15, 0.2) is 0 Å². The first kappa shape index (κ1) is 8.04. The molecule has 2 unspecified atom stereocenters. The number of benzene rings is 1. The van der Waals surface area contributed by atoms with Gasteiger partial charge in [0.25, 0.3) is 0 Å². The van der Waals surface area contributed by atoms with Gasteiger partial charge in [0.05, 0.1) is 11.0 Å². The SMILES string of the molecule is CCC1CC1c1nc2ccccc2[nH]1. The van der Waals surface area contributed by atoms with E-state index in [9.17, 15) is 0 Å². The summed E-state index contributed by atoms with van der Waals surface area (Å²) in [5.74, 6) is 2.76. The van der Waals surface area contributed by atoms with Gasteiger partial charge >= 0.3 is 0 Å². The molecule has 0 saturated heterocycles. The van der Waals surface area contributed by atoms with Crippen LogP contribution in [0.15, 0.2) is 24.3 Å². The summed E-state index contributed by atoms with van der Waals surface area (Å²) in [6.45, 7) is 2.26. The van der Waals surface area contributed by atoms with Gasteiger partial charge in [0.1, 0.15) is 5.82 Å². The van der Waals surface area contributed by atoms with Gasteiger partial charge in [0, 0.05) is 5.92 Å². The molecule has 0 aliphatic heterocycles. The number of hydrogen-bond donors (Lipinski definition) is 1. The number of nitrogens with one attached hydrogen (secondary N) is 1. The predicted molar refractivity (Wildman–Crippen MR) is 57.2 cm³/mol. The van der Waals surface area contributed by atoms with Crippen molar-refractivity contribution in [3.63, 3.8) is 0 Å². The second-order valence-corrected chi connectivity index (χ2v) is 4.15. The quantitative estimate of drug-likeness (QED) is 0.767. The smallest absolute Gasteiger partial charge is 0.110 e. The van der Waals surface area contributed by atoms with E-state index in [1.165, 1.54) is 24.2 Å². The Labute approximate surface area is 83.4 Å². The van der Waals surface area contributed by atoms with Crippen LogP contribution >= 0.6 is 0 Å². The van der Waals surface area contributed by atoms with Crippen LogP contribution in [0.4, 0.5) is 0 Å². The summed E-state index contributed by atoms with van der Waals surface area (Å²) in [6, 6.07) is 8.25. The molecule has 0 radical (unpaired) electrons. The number of fused-ring (bicyclic) bond motifs is 1. The Morgan fingerprint density at radius 3 is 3.00 bits per heavy atom. The van der Waals surface area contributed by atoms with E-state index in [1.54, 1.807) is 0 Å². The second-order valence-electron chi connectivity index (χ2n) is 4.15. The van der Waals surface area contributed by atoms with E-state index in [4.69, 9.17) is 0 Å². The van der Waals surface area contributed by atoms with E-state index in [-0.39, 0.29) is 0 Å². The number of hydrogen-bond acceptors (Lipinski definition) is 1. The molecule has 2 nitrogen and oxygen atoms in total. The van der Waals surface area contributed by atoms with Gasteiger partial charge < -0.3 is 4.98 Å². The van der Waals surface area contributed by atoms with Crippen LogP contribution in [-0.4, -0.2) is 9.97 Å². The van der Waals surface area contributed by atoms with E-state index in [1.807, 2.05) is 6.07 Å². The van der Waals surface area contributed by atoms with Gasteiger partial charge in [0.2, 0.25) is 0 Å². The molecule has 0 spiro atoms. The molecular formula is C12H14N2. The highest BCUT2D eigenvalue weighted by Gasteiger charge is 2.38. The molecule has 72 valence electrons. The lowest BCUT2D eigenvalue weighted by molar-refractivity contribution is 0.749. The maximum absolute atomic E-state index is 4.62. The van der Waals surface area contributed by atoms with Crippen LogP contribution in [0.2, 0.25) is 0 Å². The van der Waals surface area contributed by atoms with E-state index < -0.39 is 0 Å². The Hall–Kier alpha value is -1.31. The maximum Gasteiger partial charge on any atom is 0.110 e. The van der Waals surface area contributed by atoms with Crippen LogP contribution in [0.3, 0.4) is 0 Å². The molecule has 1 fully saturated rings. The Balaban J connectivity index is 1.99. The summed E-state index contributed by atoms with van der Waals surface area (Å²) in [5, 5.41) is 0. The minimum absolute atomic E-state index is 0.701. The van der Waals surface area contributed by atoms with Gasteiger partial charge in [-0.05, 0) is 24.5 Å². The van der Waals surface area contributed by atoms with Gasteiger partial charge in [-0.15, -0.1) is 0 Å². The van der Waals surface area contributed by atoms with Crippen LogP contribution in [-0.2, 0) is 0 Å². The predicted octanol–water partition coefficient (Wildman–Crippen LogP) is 3.08. The molecule has 2 atom stereocenters. The lowest BCUT2D eigenvalue weighted by Gasteiger charge is -1.90. The molecule has 2 heteroatoms. The van der Waals surface area contributed by atoms with Crippen LogP contribution < -0.4 is 0 Å². The highest BCUT2D eigenvalue weighted by atomic mass is 14.9. The zero-order valence-electron chi connectivity index (χ0n) is 8.33. The van der Waals surface area contributed by atoms with Crippen molar-refractivity contribution in [2.24, 2.45) is 5.92 Å². The van der Waals surface area contributed by atoms with Gasteiger partial charge in [-0.2, -0.15) is 0 Å². The third kappa shape index (κ3) is 1.14. The number of aromatic amines is 1. The lowest BCUT2D eigenvalue weighted by Crippen LogP contribution is -1.84. The largest absolute Gasteiger partial charge is 0.342 e. The zero-order chi connectivity index (χ0) is 9.54. The molecule has 1 aliphatic carbocycles. The minimum atomic E-state index is 0.701. The Morgan fingerprint density at radius 2 is 2.29 bits per heavy atom. The van der Waals surface area contributed by atoms with Crippen LogP contribution in [0.25, 0.3) is 11.0 Å². The third-order valence-corrected chi connectivity index (χ3v) is 3.21. The summed E-state index contributed by atoms with van der Waals surface area (Å²) < 4.78 is 0. The molecule has 0 amide bonds. The fourth-order valence-electron chi connectivity index (χ4n) is 2.18. The molecule has 1 N–H and O–H groups in total. The van der Waals surface area contributed by atoms with E-state index >= 15 is 0 Å². The fourth-order valence-corrected chi connectivity index (χ4v) is 2.18. The maximum atomic E-state index is 4.62. The third-order valence-electron chi connectivity index (χ3n) is 3.21. The monoisotopic (exact) mass is 186 g/mol. The number of rotatable bonds is 2. The lowest BCUT2D eigenvalue weighted by atomic mass is 10.2. The summed E-state index contributed by atoms with van der Waals surface area (Å²) in [7, 11) is 0. The highest BCUT2D eigenvalue weighted by Crippen LogP contribution is 2.48. The van der Waals surface area contributed by atoms with Crippen molar-refractivity contribution in [3.05, 3.63) is 30.1 Å². The number of para-hydroxylation sites is 2. The molecule has 1 aromatic heterocycles. The molecule has 14 heavy (non-hydrogen) atoms. The number of nitrogens with zero attached hydrogens (tertiary/aromatic N) is 1. The van der Waals surface area contributed by atoms with Gasteiger partial charge in [-0.1, -0.05) is 25.5 Å². The van der Waals surface area contributed by atoms with E-state index in [0.29, 0.717) is 5.92 Å². The highest BCUT2D eigenvalue weighted by molar-refractivity contribution is 5.74. The zero-order valence-corrected chi connectivity index (χ0v) is 8.33. The van der Waals surface area contributed by atoms with Crippen molar-refractivity contribution in [2.45, 2.75) is 25.7 Å². The van der Waals surface area contributed by atoms with Crippen LogP contribution in [0.1, 0.15) is 31.5 Å². The topological polar surface area (TPSA) is 28.7 Å². The van der Waals surface area contributed by atoms with Gasteiger partial charge in [-0.3, -0.25) is 0 Å². The first-order chi connectivity index (χ1) is 6.88. The molecular weight excluding hydrogens is 172 g/mol. The Bertz CT molecular complexity index is 425. The number of aromatic nitrogens is 2. The molecule has 1 heterocycles. The summed E-state index contributed by atoms with van der Waals surface area (Å²) in [5.41, 5.74) is 2.27. The number of H-pyrrole nitrogens is 1. The first-order valence-electron chi connectivity index (χ1n) is 5.33. The molecule has 3 rings (SSSR count). The van der Waals surface area contributed by atoms with Crippen molar-refractivity contribution in [2.75, 3.05) is 0 Å². The van der Waals surface area contributed by atoms with E-state index in [0.717, 1.165) is 11.4 Å². The normalized spacial score (nSPS) is 25.5. The molecule has 0 bridgehead atoms. The second kappa shape index (κ2) is 2.84. The minimum Gasteiger partial charge on any atom is -0.342 e. The first-order valence-corrected chi connectivity index (χ1v) is 5.33. The fraction of sp³-hybridized carbons (Fsp3) is 0.417. The van der Waals surface area contributed by atoms with Crippen LogP contribution in [0, 0.1) is 5.92 Å². The molecule has 1 saturated carbocycles. The van der Waals surface area contributed by atoms with E-state index in [2.05, 4.69) is 35.1 Å². The van der Waals surface area contributed by atoms with Crippen molar-refractivity contribution < 1.29 is 0 Å². The van der Waals surface area contributed by atoms with Crippen molar-refractivity contribution in [1.29, 1.82) is 0 Å².